The fraction of sp³-hybridized carbons (Fsp3) is 0.421. The van der Waals surface area contributed by atoms with E-state index in [4.69, 9.17) is 9.47 Å². The van der Waals surface area contributed by atoms with Gasteiger partial charge in [0.25, 0.3) is 11.1 Å². The first kappa shape index (κ1) is 22.8. The van der Waals surface area contributed by atoms with Gasteiger partial charge in [0.1, 0.15) is 12.5 Å². The summed E-state index contributed by atoms with van der Waals surface area (Å²) >= 11 is 0. The van der Waals surface area contributed by atoms with Crippen LogP contribution < -0.4 is 16.5 Å². The van der Waals surface area contributed by atoms with E-state index >= 15 is 0 Å². The first-order valence-corrected chi connectivity index (χ1v) is 8.62. The molecule has 0 unspecified atom stereocenters. The molecule has 0 amide bonds. The van der Waals surface area contributed by atoms with Crippen molar-refractivity contribution in [1.29, 1.82) is 0 Å². The molecule has 0 bridgehead atoms. The Balaban J connectivity index is 3.11. The van der Waals surface area contributed by atoms with E-state index in [1.165, 1.54) is 20.3 Å². The molecule has 0 N–H and O–H groups in total. The highest BCUT2D eigenvalue weighted by Crippen LogP contribution is 1.98. The Hall–Kier alpha value is -3.23. The van der Waals surface area contributed by atoms with E-state index in [0.29, 0.717) is 6.61 Å². The number of hydrogen-bond acceptors (Lipinski definition) is 8. The van der Waals surface area contributed by atoms with Gasteiger partial charge in [0, 0.05) is 29.8 Å². The Morgan fingerprint density at radius 1 is 1.04 bits per heavy atom. The first-order chi connectivity index (χ1) is 13.3. The topological polar surface area (TPSA) is 118 Å². The third kappa shape index (κ3) is 7.18. The van der Waals surface area contributed by atoms with Crippen LogP contribution in [-0.2, 0) is 36.8 Å². The summed E-state index contributed by atoms with van der Waals surface area (Å²) in [6.45, 7) is 3.45. The number of aryl methyl sites for hydroxylation is 2. The van der Waals surface area contributed by atoms with Gasteiger partial charge in [-0.05, 0) is 20.3 Å². The van der Waals surface area contributed by atoms with Crippen LogP contribution in [0.15, 0.2) is 39.0 Å². The fourth-order valence-electron chi connectivity index (χ4n) is 2.23. The van der Waals surface area contributed by atoms with Crippen LogP contribution in [-0.4, -0.2) is 30.2 Å². The van der Waals surface area contributed by atoms with Gasteiger partial charge in [0.2, 0.25) is 0 Å². The lowest BCUT2D eigenvalue weighted by Gasteiger charge is -2.04. The number of carbonyl (C=O) groups is 2. The lowest BCUT2D eigenvalue weighted by Crippen LogP contribution is -2.33. The van der Waals surface area contributed by atoms with Crippen LogP contribution in [0.4, 0.5) is 0 Å². The van der Waals surface area contributed by atoms with Gasteiger partial charge in [0.15, 0.2) is 5.43 Å². The first-order valence-electron chi connectivity index (χ1n) is 8.62. The summed E-state index contributed by atoms with van der Waals surface area (Å²) in [6, 6.07) is 2.05. The molecular formula is C19H23NO8. The number of nitrogens with zero attached hydrogens (tertiary/aromatic N) is 1. The molecule has 0 fully saturated rings. The molecule has 0 radical (unpaired) electrons. The predicted octanol–water partition coefficient (Wildman–Crippen LogP) is 0.424. The van der Waals surface area contributed by atoms with Crippen molar-refractivity contribution in [3.8, 4) is 0 Å². The molecular weight excluding hydrogens is 370 g/mol. The molecule has 0 saturated carbocycles. The Morgan fingerprint density at radius 2 is 1.71 bits per heavy atom. The average Bonchev–Trinajstić information content (AvgIpc) is 2.66. The van der Waals surface area contributed by atoms with Crippen LogP contribution in [0.3, 0.4) is 0 Å². The Kier molecular flexibility index (Phi) is 9.35. The van der Waals surface area contributed by atoms with Gasteiger partial charge in [-0.25, -0.2) is 0 Å². The van der Waals surface area contributed by atoms with Crippen molar-refractivity contribution in [2.45, 2.75) is 39.7 Å². The molecule has 1 rings (SSSR count). The number of aromatic nitrogens is 1. The third-order valence-electron chi connectivity index (χ3n) is 3.70. The summed E-state index contributed by atoms with van der Waals surface area (Å²) in [5.41, 5.74) is -1.76. The van der Waals surface area contributed by atoms with Crippen LogP contribution in [0.2, 0.25) is 0 Å². The van der Waals surface area contributed by atoms with Crippen LogP contribution in [0.25, 0.3) is 0 Å². The number of carbonyl (C=O) groups excluding carboxylic acids is 2. The average molecular weight is 393 g/mol. The second kappa shape index (κ2) is 11.5. The Labute approximate surface area is 161 Å². The number of hydrogen-bond donors (Lipinski definition) is 0. The SMILES string of the molecule is CCOC=COC(=O)CCc1cc(=O)n(CCC(=O)OC)c(=O)cc(C)c1=O. The van der Waals surface area contributed by atoms with E-state index in [2.05, 4.69) is 4.74 Å². The largest absolute Gasteiger partial charge is 0.498 e. The van der Waals surface area contributed by atoms with Gasteiger partial charge in [0.05, 0.1) is 26.6 Å². The number of rotatable bonds is 9. The van der Waals surface area contributed by atoms with Crippen molar-refractivity contribution < 1.29 is 23.8 Å². The molecule has 1 aromatic heterocycles. The van der Waals surface area contributed by atoms with Crippen LogP contribution in [0, 0.1) is 6.92 Å². The van der Waals surface area contributed by atoms with E-state index in [1.807, 2.05) is 0 Å². The van der Waals surface area contributed by atoms with Crippen molar-refractivity contribution in [3.05, 3.63) is 66.7 Å². The van der Waals surface area contributed by atoms with E-state index < -0.39 is 28.5 Å². The van der Waals surface area contributed by atoms with Gasteiger partial charge in [-0.3, -0.25) is 28.5 Å². The maximum absolute atomic E-state index is 12.4. The van der Waals surface area contributed by atoms with Gasteiger partial charge in [-0.1, -0.05) is 0 Å². The second-order valence-electron chi connectivity index (χ2n) is 5.70. The van der Waals surface area contributed by atoms with Gasteiger partial charge in [-0.15, -0.1) is 0 Å². The van der Waals surface area contributed by atoms with Gasteiger partial charge >= 0.3 is 11.9 Å². The molecule has 0 atom stereocenters. The Morgan fingerprint density at radius 3 is 2.36 bits per heavy atom. The molecule has 9 heteroatoms. The molecule has 0 spiro atoms. The zero-order valence-corrected chi connectivity index (χ0v) is 16.1. The molecule has 9 nitrogen and oxygen atoms in total. The maximum Gasteiger partial charge on any atom is 0.311 e. The summed E-state index contributed by atoms with van der Waals surface area (Å²) < 4.78 is 15.0. The zero-order chi connectivity index (χ0) is 21.1. The highest BCUT2D eigenvalue weighted by molar-refractivity contribution is 5.70. The molecule has 0 aliphatic carbocycles. The van der Waals surface area contributed by atoms with Crippen molar-refractivity contribution in [1.82, 2.24) is 4.57 Å². The van der Waals surface area contributed by atoms with E-state index in [-0.39, 0.29) is 36.9 Å². The van der Waals surface area contributed by atoms with Crippen LogP contribution >= 0.6 is 0 Å². The van der Waals surface area contributed by atoms with Crippen molar-refractivity contribution in [3.63, 3.8) is 0 Å². The number of esters is 2. The van der Waals surface area contributed by atoms with Crippen molar-refractivity contribution in [2.24, 2.45) is 0 Å². The lowest BCUT2D eigenvalue weighted by atomic mass is 10.1. The summed E-state index contributed by atoms with van der Waals surface area (Å²) in [7, 11) is 1.20. The molecule has 1 aromatic rings. The lowest BCUT2D eigenvalue weighted by molar-refractivity contribution is -0.141. The number of ether oxygens (including phenoxy) is 3. The predicted molar refractivity (Wildman–Crippen MR) is 99.8 cm³/mol. The van der Waals surface area contributed by atoms with Crippen molar-refractivity contribution >= 4 is 11.9 Å². The quantitative estimate of drug-likeness (QED) is 0.438. The maximum atomic E-state index is 12.4. The summed E-state index contributed by atoms with van der Waals surface area (Å²) in [5, 5.41) is 0. The monoisotopic (exact) mass is 393 g/mol. The number of methoxy groups -OCH3 is 1. The summed E-state index contributed by atoms with van der Waals surface area (Å²) in [5.74, 6) is -1.19. The minimum atomic E-state index is -0.745. The van der Waals surface area contributed by atoms with Crippen molar-refractivity contribution in [2.75, 3.05) is 13.7 Å². The molecule has 1 heterocycles. The molecule has 0 aromatic carbocycles. The molecule has 0 saturated heterocycles. The summed E-state index contributed by atoms with van der Waals surface area (Å²) in [6.07, 6.45) is 1.94. The normalized spacial score (nSPS) is 10.5. The smallest absolute Gasteiger partial charge is 0.311 e. The Bertz CT molecular complexity index is 917. The second-order valence-corrected chi connectivity index (χ2v) is 5.70. The van der Waals surface area contributed by atoms with Gasteiger partial charge in [-0.2, -0.15) is 0 Å². The molecule has 28 heavy (non-hydrogen) atoms. The van der Waals surface area contributed by atoms with Crippen LogP contribution in [0.5, 0.6) is 0 Å². The highest BCUT2D eigenvalue weighted by atomic mass is 16.5. The van der Waals surface area contributed by atoms with E-state index in [9.17, 15) is 24.0 Å². The van der Waals surface area contributed by atoms with Crippen LogP contribution in [0.1, 0.15) is 30.9 Å². The third-order valence-corrected chi connectivity index (χ3v) is 3.70. The molecule has 152 valence electrons. The standard InChI is InChI=1S/C19H23NO8/c1-4-27-9-10-28-18(24)6-5-14-12-16(22)20(8-7-17(23)26-3)15(21)11-13(2)19(14)25/h9-12H,4-8H2,1-3H3. The summed E-state index contributed by atoms with van der Waals surface area (Å²) in [4.78, 5) is 60.0. The molecule has 0 aliphatic heterocycles. The molecule has 0 aliphatic rings. The highest BCUT2D eigenvalue weighted by Gasteiger charge is 2.10. The fourth-order valence-corrected chi connectivity index (χ4v) is 2.23. The van der Waals surface area contributed by atoms with E-state index in [1.54, 1.807) is 6.92 Å². The minimum Gasteiger partial charge on any atom is -0.498 e. The van der Waals surface area contributed by atoms with E-state index in [0.717, 1.165) is 23.0 Å². The van der Waals surface area contributed by atoms with Gasteiger partial charge < -0.3 is 14.2 Å². The zero-order valence-electron chi connectivity index (χ0n) is 16.1. The minimum absolute atomic E-state index is 0.0455.